The van der Waals surface area contributed by atoms with Gasteiger partial charge in [-0.15, -0.1) is 12.4 Å². The molecule has 0 spiro atoms. The monoisotopic (exact) mass is 387 g/mol. The van der Waals surface area contributed by atoms with Crippen LogP contribution in [0.15, 0.2) is 17.0 Å². The van der Waals surface area contributed by atoms with Gasteiger partial charge in [0, 0.05) is 38.4 Å². The Morgan fingerprint density at radius 1 is 1.30 bits per heavy atom. The smallest absolute Gasteiger partial charge is 0.275 e. The zero-order chi connectivity index (χ0) is 16.8. The minimum atomic E-state index is -3.86. The van der Waals surface area contributed by atoms with Gasteiger partial charge in [-0.05, 0) is 13.0 Å². The minimum Gasteiger partial charge on any atom is -0.383 e. The number of nitrogens with zero attached hydrogens (tertiary/aromatic N) is 1. The van der Waals surface area contributed by atoms with Gasteiger partial charge in [0.25, 0.3) is 5.69 Å². The van der Waals surface area contributed by atoms with Crippen LogP contribution in [0.5, 0.6) is 0 Å². The molecule has 0 radical (unpaired) electrons. The van der Waals surface area contributed by atoms with Gasteiger partial charge >= 0.3 is 0 Å². The number of nitro groups is 1. The number of nitrogens with one attached hydrogen (secondary N) is 2. The van der Waals surface area contributed by atoms with E-state index in [1.807, 2.05) is 0 Å². The summed E-state index contributed by atoms with van der Waals surface area (Å²) in [6.45, 7) is 3.13. The van der Waals surface area contributed by atoms with Crippen LogP contribution in [0, 0.1) is 17.0 Å². The first-order valence-electron chi connectivity index (χ1n) is 6.43. The van der Waals surface area contributed by atoms with Gasteiger partial charge in [0.1, 0.15) is 0 Å². The summed E-state index contributed by atoms with van der Waals surface area (Å²) in [5.74, 6) is 0. The molecule has 0 aliphatic carbocycles. The maximum Gasteiger partial charge on any atom is 0.275 e. The molecule has 8 nitrogen and oxygen atoms in total. The van der Waals surface area contributed by atoms with Crippen molar-refractivity contribution in [1.82, 2.24) is 10.0 Å². The van der Waals surface area contributed by atoms with E-state index in [0.29, 0.717) is 19.7 Å². The number of nitro benzene ring substituents is 1. The summed E-state index contributed by atoms with van der Waals surface area (Å²) in [5.41, 5.74) is -0.0991. The van der Waals surface area contributed by atoms with Crippen molar-refractivity contribution in [2.24, 2.45) is 0 Å². The largest absolute Gasteiger partial charge is 0.383 e. The summed E-state index contributed by atoms with van der Waals surface area (Å²) in [4.78, 5) is 10.0. The van der Waals surface area contributed by atoms with Gasteiger partial charge in [-0.2, -0.15) is 0 Å². The van der Waals surface area contributed by atoms with Gasteiger partial charge in [-0.1, -0.05) is 11.6 Å². The zero-order valence-corrected chi connectivity index (χ0v) is 15.1. The third-order valence-electron chi connectivity index (χ3n) is 2.87. The summed E-state index contributed by atoms with van der Waals surface area (Å²) >= 11 is 5.86. The molecule has 0 aromatic heterocycles. The maximum atomic E-state index is 12.1. The van der Waals surface area contributed by atoms with Crippen LogP contribution in [0.25, 0.3) is 0 Å². The fraction of sp³-hybridized carbons (Fsp3) is 0.500. The third-order valence-corrected chi connectivity index (χ3v) is 4.71. The molecular weight excluding hydrogens is 369 g/mol. The van der Waals surface area contributed by atoms with Gasteiger partial charge < -0.3 is 10.1 Å². The van der Waals surface area contributed by atoms with Crippen LogP contribution in [0.1, 0.15) is 5.56 Å². The SMILES string of the molecule is COCCNCCNS(=O)(=O)c1cc(Cl)c(C)c([N+](=O)[O-])c1.Cl. The first kappa shape index (κ1) is 22.0. The lowest BCUT2D eigenvalue weighted by Crippen LogP contribution is -2.33. The summed E-state index contributed by atoms with van der Waals surface area (Å²) in [7, 11) is -2.29. The Bertz CT molecular complexity index is 640. The van der Waals surface area contributed by atoms with Crippen LogP contribution in [-0.2, 0) is 14.8 Å². The Kier molecular flexibility index (Phi) is 9.59. The van der Waals surface area contributed by atoms with Gasteiger partial charge in [0.2, 0.25) is 10.0 Å². The summed E-state index contributed by atoms with van der Waals surface area (Å²) < 4.78 is 31.4. The standard InChI is InChI=1S/C12H18ClN3O5S.ClH/c1-9-11(13)7-10(8-12(9)16(17)18)22(19,20)15-4-3-14-5-6-21-2;/h7-8,14-15H,3-6H2,1-2H3;1H. The number of benzene rings is 1. The molecule has 1 aromatic rings. The van der Waals surface area contributed by atoms with Crippen molar-refractivity contribution in [1.29, 1.82) is 0 Å². The van der Waals surface area contributed by atoms with E-state index in [1.165, 1.54) is 13.0 Å². The first-order valence-corrected chi connectivity index (χ1v) is 8.29. The van der Waals surface area contributed by atoms with E-state index in [-0.39, 0.29) is 40.1 Å². The van der Waals surface area contributed by atoms with Crippen molar-refractivity contribution in [2.75, 3.05) is 33.4 Å². The van der Waals surface area contributed by atoms with Gasteiger partial charge in [-0.25, -0.2) is 13.1 Å². The van der Waals surface area contributed by atoms with Crippen LogP contribution in [0.2, 0.25) is 5.02 Å². The van der Waals surface area contributed by atoms with Crippen LogP contribution >= 0.6 is 24.0 Å². The third kappa shape index (κ3) is 6.58. The molecule has 0 aliphatic rings. The second-order valence-electron chi connectivity index (χ2n) is 4.45. The highest BCUT2D eigenvalue weighted by molar-refractivity contribution is 7.89. The van der Waals surface area contributed by atoms with Gasteiger partial charge in [-0.3, -0.25) is 10.1 Å². The van der Waals surface area contributed by atoms with Crippen LogP contribution in [0.4, 0.5) is 5.69 Å². The Hall–Kier alpha value is -0.970. The van der Waals surface area contributed by atoms with E-state index in [0.717, 1.165) is 6.07 Å². The average molecular weight is 388 g/mol. The lowest BCUT2D eigenvalue weighted by molar-refractivity contribution is -0.385. The van der Waals surface area contributed by atoms with E-state index in [1.54, 1.807) is 7.11 Å². The van der Waals surface area contributed by atoms with Crippen molar-refractivity contribution in [3.63, 3.8) is 0 Å². The highest BCUT2D eigenvalue weighted by Crippen LogP contribution is 2.29. The number of hydrogen-bond acceptors (Lipinski definition) is 6. The van der Waals surface area contributed by atoms with Crippen molar-refractivity contribution in [3.8, 4) is 0 Å². The highest BCUT2D eigenvalue weighted by Gasteiger charge is 2.22. The molecular formula is C12H19Cl2N3O5S. The fourth-order valence-corrected chi connectivity index (χ4v) is 3.00. The maximum absolute atomic E-state index is 12.1. The molecule has 0 unspecified atom stereocenters. The quantitative estimate of drug-likeness (QED) is 0.377. The second kappa shape index (κ2) is 10.0. The number of halogens is 2. The minimum absolute atomic E-state index is 0. The van der Waals surface area contributed by atoms with Crippen molar-refractivity contribution >= 4 is 39.7 Å². The predicted octanol–water partition coefficient (Wildman–Crippen LogP) is 1.49. The molecule has 0 atom stereocenters. The second-order valence-corrected chi connectivity index (χ2v) is 6.62. The number of hydrogen-bond donors (Lipinski definition) is 2. The van der Waals surface area contributed by atoms with E-state index >= 15 is 0 Å². The molecule has 0 bridgehead atoms. The molecule has 2 N–H and O–H groups in total. The van der Waals surface area contributed by atoms with Crippen LogP contribution in [-0.4, -0.2) is 46.7 Å². The zero-order valence-electron chi connectivity index (χ0n) is 12.7. The first-order chi connectivity index (χ1) is 10.3. The molecule has 0 saturated heterocycles. The van der Waals surface area contributed by atoms with Crippen molar-refractivity contribution in [3.05, 3.63) is 32.8 Å². The van der Waals surface area contributed by atoms with Crippen molar-refractivity contribution < 1.29 is 18.1 Å². The van der Waals surface area contributed by atoms with E-state index in [2.05, 4.69) is 10.0 Å². The summed E-state index contributed by atoms with van der Waals surface area (Å²) in [5, 5.41) is 13.9. The molecule has 0 saturated carbocycles. The molecule has 0 fully saturated rings. The lowest BCUT2D eigenvalue weighted by Gasteiger charge is -2.09. The molecule has 1 rings (SSSR count). The van der Waals surface area contributed by atoms with Crippen LogP contribution < -0.4 is 10.0 Å². The Labute approximate surface area is 146 Å². The topological polar surface area (TPSA) is 111 Å². The molecule has 0 heterocycles. The molecule has 23 heavy (non-hydrogen) atoms. The molecule has 0 amide bonds. The number of ether oxygens (including phenoxy) is 1. The fourth-order valence-electron chi connectivity index (χ4n) is 1.64. The van der Waals surface area contributed by atoms with E-state index < -0.39 is 14.9 Å². The summed E-state index contributed by atoms with van der Waals surface area (Å²) in [6.07, 6.45) is 0. The number of rotatable bonds is 9. The number of methoxy groups -OCH3 is 1. The lowest BCUT2D eigenvalue weighted by atomic mass is 10.2. The van der Waals surface area contributed by atoms with Crippen LogP contribution in [0.3, 0.4) is 0 Å². The van der Waals surface area contributed by atoms with E-state index in [9.17, 15) is 18.5 Å². The number of sulfonamides is 1. The highest BCUT2D eigenvalue weighted by atomic mass is 35.5. The van der Waals surface area contributed by atoms with Gasteiger partial charge in [0.05, 0.1) is 21.4 Å². The predicted molar refractivity (Wildman–Crippen MR) is 90.0 cm³/mol. The van der Waals surface area contributed by atoms with Gasteiger partial charge in [0.15, 0.2) is 0 Å². The Morgan fingerprint density at radius 3 is 2.52 bits per heavy atom. The normalized spacial score (nSPS) is 11.1. The Morgan fingerprint density at radius 2 is 1.96 bits per heavy atom. The Balaban J connectivity index is 0.00000484. The molecule has 11 heteroatoms. The average Bonchev–Trinajstić information content (AvgIpc) is 2.44. The van der Waals surface area contributed by atoms with E-state index in [4.69, 9.17) is 16.3 Å². The molecule has 1 aromatic carbocycles. The molecule has 132 valence electrons. The summed E-state index contributed by atoms with van der Waals surface area (Å²) in [6, 6.07) is 2.20. The molecule has 0 aliphatic heterocycles. The van der Waals surface area contributed by atoms with Crippen molar-refractivity contribution in [2.45, 2.75) is 11.8 Å².